The van der Waals surface area contributed by atoms with Gasteiger partial charge in [0.1, 0.15) is 0 Å². The zero-order valence-corrected chi connectivity index (χ0v) is 7.41. The van der Waals surface area contributed by atoms with Gasteiger partial charge >= 0.3 is 0 Å². The smallest absolute Gasteiger partial charge is 0.0519 e. The molecule has 0 spiro atoms. The number of allylic oxidation sites excluding steroid dienone is 4. The Morgan fingerprint density at radius 1 is 1.50 bits per heavy atom. The van der Waals surface area contributed by atoms with Crippen molar-refractivity contribution in [1.82, 2.24) is 0 Å². The summed E-state index contributed by atoms with van der Waals surface area (Å²) in [5, 5.41) is 0.524. The van der Waals surface area contributed by atoms with E-state index in [9.17, 15) is 0 Å². The van der Waals surface area contributed by atoms with Gasteiger partial charge in [-0.3, -0.25) is 0 Å². The van der Waals surface area contributed by atoms with Gasteiger partial charge in [-0.25, -0.2) is 0 Å². The van der Waals surface area contributed by atoms with E-state index in [4.69, 9.17) is 23.2 Å². The minimum atomic E-state index is 0.524. The molecule has 0 heterocycles. The van der Waals surface area contributed by atoms with E-state index >= 15 is 0 Å². The minimum absolute atomic E-state index is 0.524. The molecule has 0 bridgehead atoms. The normalized spacial score (nSPS) is 12.5. The third-order valence-corrected chi connectivity index (χ3v) is 1.62. The van der Waals surface area contributed by atoms with Crippen LogP contribution in [0.4, 0.5) is 0 Å². The van der Waals surface area contributed by atoms with Crippen molar-refractivity contribution in [3.63, 3.8) is 0 Å². The Bertz CT molecular complexity index is 166. The van der Waals surface area contributed by atoms with Crippen LogP contribution in [0.5, 0.6) is 0 Å². The van der Waals surface area contributed by atoms with Gasteiger partial charge in [-0.05, 0) is 12.5 Å². The summed E-state index contributed by atoms with van der Waals surface area (Å²) in [6.45, 7) is 5.80. The zero-order chi connectivity index (χ0) is 7.98. The molecule has 0 atom stereocenters. The Labute approximate surface area is 71.8 Å². The highest BCUT2D eigenvalue weighted by Crippen LogP contribution is 2.07. The van der Waals surface area contributed by atoms with Crippen LogP contribution in [-0.4, -0.2) is 0 Å². The third kappa shape index (κ3) is 4.66. The van der Waals surface area contributed by atoms with Gasteiger partial charge < -0.3 is 0 Å². The van der Waals surface area contributed by atoms with Crippen LogP contribution in [0.25, 0.3) is 0 Å². The average Bonchev–Trinajstić information content (AvgIpc) is 1.99. The molecular formula is C8H10Cl2. The molecule has 0 N–H and O–H groups in total. The summed E-state index contributed by atoms with van der Waals surface area (Å²) in [5.74, 6) is 0. The van der Waals surface area contributed by atoms with Crippen LogP contribution in [0.3, 0.4) is 0 Å². The molecule has 0 aromatic heterocycles. The predicted molar refractivity (Wildman–Crippen MR) is 48.4 cm³/mol. The van der Waals surface area contributed by atoms with Crippen molar-refractivity contribution in [3.05, 3.63) is 34.9 Å². The van der Waals surface area contributed by atoms with Crippen LogP contribution in [0, 0.1) is 0 Å². The van der Waals surface area contributed by atoms with Crippen molar-refractivity contribution in [3.8, 4) is 0 Å². The topological polar surface area (TPSA) is 0 Å². The fourth-order valence-corrected chi connectivity index (χ4v) is 0.487. The summed E-state index contributed by atoms with van der Waals surface area (Å²) in [6, 6.07) is 0. The highest BCUT2D eigenvalue weighted by molar-refractivity contribution is 6.37. The van der Waals surface area contributed by atoms with Crippen LogP contribution in [0.1, 0.15) is 13.3 Å². The van der Waals surface area contributed by atoms with Crippen LogP contribution in [0.15, 0.2) is 34.9 Å². The maximum Gasteiger partial charge on any atom is 0.0519 e. The van der Waals surface area contributed by atoms with E-state index in [1.807, 2.05) is 13.0 Å². The van der Waals surface area contributed by atoms with Gasteiger partial charge in [0, 0.05) is 5.54 Å². The van der Waals surface area contributed by atoms with Crippen LogP contribution in [0.2, 0.25) is 0 Å². The molecule has 0 aliphatic carbocycles. The first-order chi connectivity index (χ1) is 4.70. The summed E-state index contributed by atoms with van der Waals surface area (Å²) in [7, 11) is 0. The maximum absolute atomic E-state index is 5.57. The molecule has 56 valence electrons. The van der Waals surface area contributed by atoms with Crippen LogP contribution >= 0.6 is 23.2 Å². The fourth-order valence-electron chi connectivity index (χ4n) is 0.352. The van der Waals surface area contributed by atoms with Crippen molar-refractivity contribution < 1.29 is 0 Å². The molecule has 0 amide bonds. The first-order valence-corrected chi connectivity index (χ1v) is 3.84. The van der Waals surface area contributed by atoms with Crippen LogP contribution < -0.4 is 0 Å². The Morgan fingerprint density at radius 3 is 2.50 bits per heavy atom. The van der Waals surface area contributed by atoms with Crippen molar-refractivity contribution in [2.45, 2.75) is 13.3 Å². The van der Waals surface area contributed by atoms with Crippen molar-refractivity contribution >= 4 is 23.2 Å². The molecular weight excluding hydrogens is 167 g/mol. The second-order valence-electron chi connectivity index (χ2n) is 1.84. The van der Waals surface area contributed by atoms with E-state index in [1.54, 1.807) is 6.08 Å². The van der Waals surface area contributed by atoms with Crippen molar-refractivity contribution in [2.75, 3.05) is 0 Å². The predicted octanol–water partition coefficient (Wildman–Crippen LogP) is 3.83. The highest BCUT2D eigenvalue weighted by Gasteiger charge is 1.83. The molecule has 2 heteroatoms. The first kappa shape index (κ1) is 9.80. The number of rotatable bonds is 3. The largest absolute Gasteiger partial charge is 0.0958 e. The van der Waals surface area contributed by atoms with Gasteiger partial charge in [-0.1, -0.05) is 48.4 Å². The Kier molecular flexibility index (Phi) is 5.46. The summed E-state index contributed by atoms with van der Waals surface area (Å²) >= 11 is 10.9. The molecule has 0 aromatic rings. The third-order valence-electron chi connectivity index (χ3n) is 1.04. The van der Waals surface area contributed by atoms with Gasteiger partial charge in [0.15, 0.2) is 0 Å². The SMILES string of the molecule is C=C(/C=C\C(Cl)=C\Cl)CC. The lowest BCUT2D eigenvalue weighted by molar-refractivity contribution is 1.16. The molecule has 10 heavy (non-hydrogen) atoms. The lowest BCUT2D eigenvalue weighted by atomic mass is 10.2. The fraction of sp³-hybridized carbons (Fsp3) is 0.250. The molecule has 0 radical (unpaired) electrons. The van der Waals surface area contributed by atoms with Gasteiger partial charge in [0.25, 0.3) is 0 Å². The monoisotopic (exact) mass is 176 g/mol. The molecule has 0 aliphatic rings. The lowest BCUT2D eigenvalue weighted by Crippen LogP contribution is -1.68. The first-order valence-electron chi connectivity index (χ1n) is 3.02. The second kappa shape index (κ2) is 5.57. The average molecular weight is 177 g/mol. The van der Waals surface area contributed by atoms with Gasteiger partial charge in [0.05, 0.1) is 5.03 Å². The summed E-state index contributed by atoms with van der Waals surface area (Å²) < 4.78 is 0. The Morgan fingerprint density at radius 2 is 2.10 bits per heavy atom. The van der Waals surface area contributed by atoms with Gasteiger partial charge in [0.2, 0.25) is 0 Å². The molecule has 0 rings (SSSR count). The molecule has 0 aliphatic heterocycles. The summed E-state index contributed by atoms with van der Waals surface area (Å²) in [4.78, 5) is 0. The van der Waals surface area contributed by atoms with E-state index in [2.05, 4.69) is 6.58 Å². The number of hydrogen-bond donors (Lipinski definition) is 0. The standard InChI is InChI=1S/C8H10Cl2/c1-3-7(2)4-5-8(10)6-9/h4-6H,2-3H2,1H3/b5-4-,8-6-. The van der Waals surface area contributed by atoms with E-state index in [0.717, 1.165) is 12.0 Å². The Hall–Kier alpha value is -0.200. The quantitative estimate of drug-likeness (QED) is 0.574. The molecule has 0 nitrogen and oxygen atoms in total. The molecule has 0 unspecified atom stereocenters. The summed E-state index contributed by atoms with van der Waals surface area (Å²) in [6.07, 6.45) is 4.50. The van der Waals surface area contributed by atoms with Gasteiger partial charge in [-0.15, -0.1) is 0 Å². The summed E-state index contributed by atoms with van der Waals surface area (Å²) in [5.41, 5.74) is 2.36. The van der Waals surface area contributed by atoms with Crippen LogP contribution in [-0.2, 0) is 0 Å². The molecule has 0 saturated carbocycles. The van der Waals surface area contributed by atoms with E-state index in [-0.39, 0.29) is 0 Å². The molecule has 0 aromatic carbocycles. The van der Waals surface area contributed by atoms with E-state index in [1.165, 1.54) is 5.54 Å². The minimum Gasteiger partial charge on any atom is -0.0958 e. The Balaban J connectivity index is 3.88. The van der Waals surface area contributed by atoms with Crippen molar-refractivity contribution in [1.29, 1.82) is 0 Å². The molecule has 0 saturated heterocycles. The van der Waals surface area contributed by atoms with E-state index in [0.29, 0.717) is 5.03 Å². The lowest BCUT2D eigenvalue weighted by Gasteiger charge is -1.89. The number of hydrogen-bond acceptors (Lipinski definition) is 0. The number of halogens is 2. The van der Waals surface area contributed by atoms with Crippen molar-refractivity contribution in [2.24, 2.45) is 0 Å². The maximum atomic E-state index is 5.57. The zero-order valence-electron chi connectivity index (χ0n) is 5.90. The van der Waals surface area contributed by atoms with E-state index < -0.39 is 0 Å². The second-order valence-corrected chi connectivity index (χ2v) is 2.49. The highest BCUT2D eigenvalue weighted by atomic mass is 35.5. The molecule has 0 fully saturated rings. The van der Waals surface area contributed by atoms with Gasteiger partial charge in [-0.2, -0.15) is 0 Å².